The molecule has 0 N–H and O–H groups in total. The molecule has 0 saturated carbocycles. The van der Waals surface area contributed by atoms with Gasteiger partial charge in [0.05, 0.1) is 18.6 Å². The number of hydrogen-bond donors (Lipinski definition) is 0. The second-order valence-electron chi connectivity index (χ2n) is 16.2. The summed E-state index contributed by atoms with van der Waals surface area (Å²) in [5, 5.41) is 37.4. The van der Waals surface area contributed by atoms with Crippen LogP contribution in [-0.4, -0.2) is 54.1 Å². The lowest BCUT2D eigenvalue weighted by atomic mass is 9.92. The van der Waals surface area contributed by atoms with E-state index in [-0.39, 0.29) is 0 Å². The maximum atomic E-state index is 6.75. The maximum absolute atomic E-state index is 6.75. The van der Waals surface area contributed by atoms with Crippen LogP contribution in [0.25, 0.3) is 97.0 Å². The molecule has 0 spiro atoms. The van der Waals surface area contributed by atoms with E-state index in [1.54, 1.807) is 0 Å². The molecule has 0 aliphatic rings. The van der Waals surface area contributed by atoms with Crippen LogP contribution in [-0.2, 0) is 11.8 Å². The van der Waals surface area contributed by atoms with Gasteiger partial charge in [-0.3, -0.25) is 0 Å². The first-order chi connectivity index (χ1) is 30.3. The lowest BCUT2D eigenvalue weighted by Crippen LogP contribution is -2.29. The average molecular weight is 835 g/mol. The van der Waals surface area contributed by atoms with E-state index in [1.807, 2.05) is 54.1 Å². The van der Waals surface area contributed by atoms with Gasteiger partial charge in [-0.25, -0.2) is 14.3 Å². The molecule has 0 aromatic heterocycles. The topological polar surface area (TPSA) is 46.8 Å². The summed E-state index contributed by atoms with van der Waals surface area (Å²) < 4.78 is 5.63. The van der Waals surface area contributed by atoms with E-state index in [0.717, 1.165) is 32.8 Å². The Hall–Kier alpha value is -7.18. The standard InChI is InChI=1S/C54H39N6PS/c1-58(55-31-43-22-19-40-16-13-34-7-4-10-37-25-28-46(43)52(40)49(34)37)61(62,59(2)56-32-44-23-20-41-17-14-35-8-5-11-38-26-29-47(44)53(41)50(35)38)60(3)57-33-45-24-21-42-18-15-36-9-6-12-39-27-30-48(45)54(42)51(36)39/h4-33H,1-3H3/b55-31+,56-32+,57-33+. The van der Waals surface area contributed by atoms with Gasteiger partial charge in [-0.1, -0.05) is 164 Å². The summed E-state index contributed by atoms with van der Waals surface area (Å²) in [7, 11) is 5.83. The molecule has 62 heavy (non-hydrogen) atoms. The molecule has 12 rings (SSSR count). The first kappa shape index (κ1) is 36.7. The molecule has 0 fully saturated rings. The summed E-state index contributed by atoms with van der Waals surface area (Å²) in [5.41, 5.74) is 3.05. The van der Waals surface area contributed by atoms with Crippen molar-refractivity contribution in [1.29, 1.82) is 0 Å². The van der Waals surface area contributed by atoms with Crippen molar-refractivity contribution < 1.29 is 0 Å². The Balaban J connectivity index is 0.953. The van der Waals surface area contributed by atoms with Crippen LogP contribution in [0.1, 0.15) is 16.7 Å². The molecule has 0 bridgehead atoms. The van der Waals surface area contributed by atoms with E-state index in [2.05, 4.69) is 164 Å². The van der Waals surface area contributed by atoms with Gasteiger partial charge in [0.1, 0.15) is 0 Å². The van der Waals surface area contributed by atoms with Crippen LogP contribution in [0.15, 0.2) is 179 Å². The lowest BCUT2D eigenvalue weighted by Gasteiger charge is -2.39. The molecule has 0 saturated heterocycles. The van der Waals surface area contributed by atoms with Crippen molar-refractivity contribution >= 4 is 134 Å². The van der Waals surface area contributed by atoms with Crippen molar-refractivity contribution in [3.05, 3.63) is 180 Å². The van der Waals surface area contributed by atoms with Gasteiger partial charge in [-0.2, -0.15) is 15.3 Å². The summed E-state index contributed by atoms with van der Waals surface area (Å²) in [6, 6.07) is 59.0. The molecule has 12 aromatic carbocycles. The quantitative estimate of drug-likeness (QED) is 0.0629. The first-order valence-electron chi connectivity index (χ1n) is 20.8. The monoisotopic (exact) mass is 834 g/mol. The molecule has 296 valence electrons. The van der Waals surface area contributed by atoms with Crippen molar-refractivity contribution in [1.82, 2.24) is 14.3 Å². The number of hydrogen-bond acceptors (Lipinski definition) is 4. The van der Waals surface area contributed by atoms with Crippen molar-refractivity contribution in [3.8, 4) is 0 Å². The summed E-state index contributed by atoms with van der Waals surface area (Å²) in [4.78, 5) is 0. The molecular weight excluding hydrogens is 796 g/mol. The molecule has 0 aliphatic carbocycles. The maximum Gasteiger partial charge on any atom is 0.265 e. The first-order valence-corrected chi connectivity index (χ1v) is 23.5. The Labute approximate surface area is 363 Å². The largest absolute Gasteiger partial charge is 0.265 e. The Morgan fingerprint density at radius 2 is 0.548 bits per heavy atom. The summed E-state index contributed by atoms with van der Waals surface area (Å²) >= 11 is 6.75. The van der Waals surface area contributed by atoms with Gasteiger partial charge in [0.15, 0.2) is 0 Å². The highest BCUT2D eigenvalue weighted by Crippen LogP contribution is 2.55. The molecule has 6 nitrogen and oxygen atoms in total. The molecule has 0 heterocycles. The van der Waals surface area contributed by atoms with Gasteiger partial charge < -0.3 is 0 Å². The Morgan fingerprint density at radius 3 is 0.823 bits per heavy atom. The van der Waals surface area contributed by atoms with Crippen LogP contribution in [0, 0.1) is 0 Å². The van der Waals surface area contributed by atoms with Crippen molar-refractivity contribution in [2.45, 2.75) is 0 Å². The third kappa shape index (κ3) is 5.48. The molecule has 0 amide bonds. The van der Waals surface area contributed by atoms with Crippen LogP contribution < -0.4 is 0 Å². The highest BCUT2D eigenvalue weighted by molar-refractivity contribution is 8.11. The third-order valence-electron chi connectivity index (χ3n) is 12.9. The lowest BCUT2D eigenvalue weighted by molar-refractivity contribution is 0.417. The second-order valence-corrected chi connectivity index (χ2v) is 20.5. The molecule has 8 heteroatoms. The van der Waals surface area contributed by atoms with Gasteiger partial charge in [0.2, 0.25) is 0 Å². The minimum Gasteiger partial charge on any atom is -0.235 e. The van der Waals surface area contributed by atoms with E-state index in [9.17, 15) is 0 Å². The summed E-state index contributed by atoms with van der Waals surface area (Å²) in [5.74, 6) is 0. The average Bonchev–Trinajstić information content (AvgIpc) is 3.32. The van der Waals surface area contributed by atoms with E-state index >= 15 is 0 Å². The fourth-order valence-electron chi connectivity index (χ4n) is 9.81. The van der Waals surface area contributed by atoms with E-state index in [4.69, 9.17) is 27.1 Å². The normalized spacial score (nSPS) is 13.0. The number of hydrazone groups is 3. The minimum atomic E-state index is -3.01. The van der Waals surface area contributed by atoms with Crippen molar-refractivity contribution in [2.24, 2.45) is 15.3 Å². The van der Waals surface area contributed by atoms with Gasteiger partial charge in [0, 0.05) is 37.8 Å². The smallest absolute Gasteiger partial charge is 0.235 e. The molecular formula is C54H39N6PS. The van der Waals surface area contributed by atoms with Crippen LogP contribution in [0.4, 0.5) is 0 Å². The van der Waals surface area contributed by atoms with Crippen molar-refractivity contribution in [3.63, 3.8) is 0 Å². The number of nitrogens with zero attached hydrogens (tertiary/aromatic N) is 6. The predicted octanol–water partition coefficient (Wildman–Crippen LogP) is 13.8. The number of benzene rings is 12. The summed E-state index contributed by atoms with van der Waals surface area (Å²) in [6.07, 6.45) is 5.80. The Bertz CT molecular complexity index is 3430. The predicted molar refractivity (Wildman–Crippen MR) is 271 cm³/mol. The fraction of sp³-hybridized carbons (Fsp3) is 0.0556. The highest BCUT2D eigenvalue weighted by atomic mass is 32.4. The minimum absolute atomic E-state index is 1.02. The van der Waals surface area contributed by atoms with Crippen LogP contribution >= 0.6 is 6.49 Å². The zero-order valence-electron chi connectivity index (χ0n) is 34.4. The Kier molecular flexibility index (Phi) is 8.24. The van der Waals surface area contributed by atoms with Gasteiger partial charge in [-0.15, -0.1) is 0 Å². The Morgan fingerprint density at radius 1 is 0.323 bits per heavy atom. The molecule has 0 radical (unpaired) electrons. The van der Waals surface area contributed by atoms with Crippen LogP contribution in [0.5, 0.6) is 0 Å². The SMILES string of the molecule is CN(/N=C/c1ccc2ccc3cccc4ccc1c2c34)P(=S)(N(C)/N=C/c1ccc2ccc3cccc4ccc1c2c34)N(C)/N=C/c1ccc2ccc3cccc4ccc1c2c34. The number of rotatable bonds is 9. The summed E-state index contributed by atoms with van der Waals surface area (Å²) in [6.45, 7) is -3.01. The van der Waals surface area contributed by atoms with Crippen molar-refractivity contribution in [2.75, 3.05) is 21.1 Å². The van der Waals surface area contributed by atoms with Crippen LogP contribution in [0.2, 0.25) is 0 Å². The van der Waals surface area contributed by atoms with E-state index in [0.29, 0.717) is 0 Å². The zero-order chi connectivity index (χ0) is 41.7. The fourth-order valence-corrected chi connectivity index (χ4v) is 11.9. The van der Waals surface area contributed by atoms with Gasteiger partial charge >= 0.3 is 0 Å². The molecule has 0 unspecified atom stereocenters. The second kappa shape index (κ2) is 13.9. The van der Waals surface area contributed by atoms with Gasteiger partial charge in [-0.05, 0) is 109 Å². The molecule has 0 aliphatic heterocycles. The molecule has 12 aromatic rings. The van der Waals surface area contributed by atoms with E-state index < -0.39 is 6.49 Å². The zero-order valence-corrected chi connectivity index (χ0v) is 36.1. The van der Waals surface area contributed by atoms with Crippen LogP contribution in [0.3, 0.4) is 0 Å². The highest BCUT2D eigenvalue weighted by Gasteiger charge is 2.32. The molecule has 0 atom stereocenters. The van der Waals surface area contributed by atoms with Gasteiger partial charge in [0.25, 0.3) is 6.49 Å². The van der Waals surface area contributed by atoms with E-state index in [1.165, 1.54) is 80.8 Å². The third-order valence-corrected chi connectivity index (χ3v) is 17.6.